The van der Waals surface area contributed by atoms with Crippen molar-refractivity contribution in [3.63, 3.8) is 0 Å². The maximum absolute atomic E-state index is 13.6. The highest BCUT2D eigenvalue weighted by atomic mass is 19.4. The number of fused-ring (bicyclic) bond motifs is 1. The van der Waals surface area contributed by atoms with E-state index >= 15 is 0 Å². The summed E-state index contributed by atoms with van der Waals surface area (Å²) in [6, 6.07) is 18.7. The topological polar surface area (TPSA) is 121 Å². The second-order valence-electron chi connectivity index (χ2n) is 12.3. The number of carbonyl (C=O) groups excluding carboxylic acids is 1. The second-order valence-corrected chi connectivity index (χ2v) is 12.3. The van der Waals surface area contributed by atoms with E-state index in [0.29, 0.717) is 49.7 Å². The summed E-state index contributed by atoms with van der Waals surface area (Å²) in [4.78, 5) is 30.4. The summed E-state index contributed by atoms with van der Waals surface area (Å²) in [6.45, 7) is 1.53. The summed E-state index contributed by atoms with van der Waals surface area (Å²) in [7, 11) is 1.80. The number of piperazine rings is 1. The van der Waals surface area contributed by atoms with Gasteiger partial charge in [0.15, 0.2) is 6.61 Å². The zero-order valence-electron chi connectivity index (χ0n) is 28.3. The third-order valence-corrected chi connectivity index (χ3v) is 8.47. The Morgan fingerprint density at radius 3 is 2.20 bits per heavy atom. The Morgan fingerprint density at radius 2 is 1.54 bits per heavy atom. The van der Waals surface area contributed by atoms with E-state index in [-0.39, 0.29) is 40.7 Å². The molecule has 7 rings (SSSR count). The van der Waals surface area contributed by atoms with Crippen molar-refractivity contribution in [2.24, 2.45) is 7.05 Å². The van der Waals surface area contributed by atoms with Crippen molar-refractivity contribution in [3.05, 3.63) is 96.4 Å². The van der Waals surface area contributed by atoms with Gasteiger partial charge >= 0.3 is 12.5 Å². The molecule has 3 aromatic heterocycles. The molecule has 6 aromatic rings. The average Bonchev–Trinajstić information content (AvgIpc) is 3.76. The highest BCUT2D eigenvalue weighted by Gasteiger charge is 2.31. The van der Waals surface area contributed by atoms with Crippen molar-refractivity contribution >= 4 is 16.8 Å². The SMILES string of the molecule is Cn1c(C(=O)N2CCN(Cc3ccc(OCC(F)(F)F)cc3)CC2)cc2ccc(Oc3cnc(-c4nc(-c5ccc(OC(F)(F)F)cc5)no4)cn3)cc21. The van der Waals surface area contributed by atoms with Crippen LogP contribution < -0.4 is 14.2 Å². The first kappa shape index (κ1) is 36.2. The summed E-state index contributed by atoms with van der Waals surface area (Å²) < 4.78 is 96.2. The van der Waals surface area contributed by atoms with E-state index in [4.69, 9.17) is 14.0 Å². The van der Waals surface area contributed by atoms with Crippen LogP contribution in [0.1, 0.15) is 16.1 Å². The third kappa shape index (κ3) is 8.71. The zero-order valence-corrected chi connectivity index (χ0v) is 28.3. The van der Waals surface area contributed by atoms with Crippen molar-refractivity contribution in [2.75, 3.05) is 32.8 Å². The minimum atomic E-state index is -4.81. The lowest BCUT2D eigenvalue weighted by Crippen LogP contribution is -2.48. The van der Waals surface area contributed by atoms with Gasteiger partial charge in [-0.25, -0.2) is 9.97 Å². The lowest BCUT2D eigenvalue weighted by Gasteiger charge is -2.34. The van der Waals surface area contributed by atoms with E-state index in [0.717, 1.165) is 28.6 Å². The Bertz CT molecular complexity index is 2230. The molecule has 0 radical (unpaired) electrons. The van der Waals surface area contributed by atoms with Crippen LogP contribution in [0.4, 0.5) is 26.3 Å². The predicted molar refractivity (Wildman–Crippen MR) is 180 cm³/mol. The first-order chi connectivity index (χ1) is 25.8. The molecule has 1 aliphatic rings. The highest BCUT2D eigenvalue weighted by molar-refractivity contribution is 5.99. The molecule has 1 aliphatic heterocycles. The largest absolute Gasteiger partial charge is 0.573 e. The molecule has 4 heterocycles. The monoisotopic (exact) mass is 753 g/mol. The molecule has 0 aliphatic carbocycles. The standard InChI is InChI=1S/C36H29F6N7O5/c1-47-29-17-27(52-31-19-43-28(18-44-31)33-45-32(46-54-33)23-4-9-26(10-5-23)53-36(40,41)42)11-6-24(29)16-30(47)34(50)49-14-12-48(13-15-49)20-22-2-7-25(8-3-22)51-21-35(37,38)39/h2-11,16-19H,12-15,20-21H2,1H3. The molecule has 0 saturated carbocycles. The van der Waals surface area contributed by atoms with Crippen LogP contribution in [-0.4, -0.2) is 85.7 Å². The van der Waals surface area contributed by atoms with Crippen molar-refractivity contribution in [2.45, 2.75) is 19.1 Å². The Hall–Kier alpha value is -6.17. The molecule has 18 heteroatoms. The van der Waals surface area contributed by atoms with E-state index in [9.17, 15) is 31.1 Å². The maximum Gasteiger partial charge on any atom is 0.573 e. The van der Waals surface area contributed by atoms with Crippen LogP contribution in [0.25, 0.3) is 33.9 Å². The van der Waals surface area contributed by atoms with Gasteiger partial charge in [-0.15, -0.1) is 13.2 Å². The predicted octanol–water partition coefficient (Wildman–Crippen LogP) is 7.28. The van der Waals surface area contributed by atoms with E-state index < -0.39 is 19.1 Å². The molecule has 280 valence electrons. The first-order valence-corrected chi connectivity index (χ1v) is 16.4. The molecular formula is C36H29F6N7O5. The fraction of sp³-hybridized carbons (Fsp3) is 0.250. The number of ether oxygens (including phenoxy) is 3. The van der Waals surface area contributed by atoms with Crippen LogP contribution in [0.2, 0.25) is 0 Å². The maximum atomic E-state index is 13.6. The Kier molecular flexibility index (Phi) is 9.85. The van der Waals surface area contributed by atoms with Gasteiger partial charge in [-0.3, -0.25) is 9.69 Å². The number of benzene rings is 3. The van der Waals surface area contributed by atoms with Crippen molar-refractivity contribution in [1.82, 2.24) is 34.5 Å². The summed E-state index contributed by atoms with van der Waals surface area (Å²) >= 11 is 0. The summed E-state index contributed by atoms with van der Waals surface area (Å²) in [6.07, 6.45) is -6.46. The van der Waals surface area contributed by atoms with Crippen molar-refractivity contribution in [1.29, 1.82) is 0 Å². The fourth-order valence-electron chi connectivity index (χ4n) is 5.81. The number of carbonyl (C=O) groups is 1. The minimum absolute atomic E-state index is 0.0368. The van der Waals surface area contributed by atoms with Crippen LogP contribution in [0.5, 0.6) is 23.1 Å². The van der Waals surface area contributed by atoms with Crippen LogP contribution in [0.3, 0.4) is 0 Å². The van der Waals surface area contributed by atoms with Crippen LogP contribution in [0.15, 0.2) is 89.7 Å². The number of rotatable bonds is 10. The minimum Gasteiger partial charge on any atom is -0.484 e. The van der Waals surface area contributed by atoms with Crippen molar-refractivity contribution in [3.8, 4) is 46.1 Å². The Labute approximate surface area is 302 Å². The molecule has 1 saturated heterocycles. The molecule has 54 heavy (non-hydrogen) atoms. The van der Waals surface area contributed by atoms with Gasteiger partial charge in [0, 0.05) is 56.8 Å². The van der Waals surface area contributed by atoms with Gasteiger partial charge in [-0.1, -0.05) is 17.3 Å². The van der Waals surface area contributed by atoms with Gasteiger partial charge in [0.25, 0.3) is 11.8 Å². The lowest BCUT2D eigenvalue weighted by atomic mass is 10.2. The fourth-order valence-corrected chi connectivity index (χ4v) is 5.81. The molecular weight excluding hydrogens is 724 g/mol. The number of aryl methyl sites for hydroxylation is 1. The molecule has 1 amide bonds. The Morgan fingerprint density at radius 1 is 0.833 bits per heavy atom. The van der Waals surface area contributed by atoms with Gasteiger partial charge in [0.05, 0.1) is 17.9 Å². The number of aromatic nitrogens is 5. The van der Waals surface area contributed by atoms with Gasteiger partial charge in [-0.05, 0) is 60.2 Å². The smallest absolute Gasteiger partial charge is 0.484 e. The van der Waals surface area contributed by atoms with E-state index in [1.54, 1.807) is 40.8 Å². The van der Waals surface area contributed by atoms with Gasteiger partial charge in [-0.2, -0.15) is 18.2 Å². The van der Waals surface area contributed by atoms with Crippen LogP contribution in [0, 0.1) is 0 Å². The quantitative estimate of drug-likeness (QED) is 0.132. The van der Waals surface area contributed by atoms with Crippen molar-refractivity contribution < 1.29 is 49.9 Å². The summed E-state index contributed by atoms with van der Waals surface area (Å²) in [5.74, 6) is 0.453. The number of alkyl halides is 6. The van der Waals surface area contributed by atoms with Gasteiger partial charge < -0.3 is 28.2 Å². The highest BCUT2D eigenvalue weighted by Crippen LogP contribution is 2.30. The summed E-state index contributed by atoms with van der Waals surface area (Å²) in [5, 5.41) is 4.70. The molecule has 1 fully saturated rings. The third-order valence-electron chi connectivity index (χ3n) is 8.47. The molecule has 0 N–H and O–H groups in total. The molecule has 0 unspecified atom stereocenters. The van der Waals surface area contributed by atoms with E-state index in [1.165, 1.54) is 36.7 Å². The van der Waals surface area contributed by atoms with Crippen LogP contribution in [-0.2, 0) is 13.6 Å². The zero-order chi connectivity index (χ0) is 38.0. The molecule has 0 atom stereocenters. The van der Waals surface area contributed by atoms with Crippen LogP contribution >= 0.6 is 0 Å². The number of halogens is 6. The average molecular weight is 754 g/mol. The Balaban J connectivity index is 0.938. The van der Waals surface area contributed by atoms with E-state index in [1.807, 2.05) is 12.1 Å². The molecule has 3 aromatic carbocycles. The number of amides is 1. The van der Waals surface area contributed by atoms with E-state index in [2.05, 4.69) is 29.7 Å². The number of hydrogen-bond donors (Lipinski definition) is 0. The van der Waals surface area contributed by atoms with Gasteiger partial charge in [0.1, 0.15) is 28.6 Å². The number of nitrogens with zero attached hydrogens (tertiary/aromatic N) is 7. The lowest BCUT2D eigenvalue weighted by molar-refractivity contribution is -0.274. The normalized spacial score (nSPS) is 14.0. The first-order valence-electron chi connectivity index (χ1n) is 16.4. The molecule has 0 bridgehead atoms. The molecule has 0 spiro atoms. The summed E-state index contributed by atoms with van der Waals surface area (Å²) in [5.41, 5.74) is 2.85. The van der Waals surface area contributed by atoms with Gasteiger partial charge in [0.2, 0.25) is 11.7 Å². The number of hydrogen-bond acceptors (Lipinski definition) is 10. The molecule has 12 nitrogen and oxygen atoms in total. The second kappa shape index (κ2) is 14.7.